The van der Waals surface area contributed by atoms with Gasteiger partial charge in [-0.2, -0.15) is 4.39 Å². The van der Waals surface area contributed by atoms with Gasteiger partial charge in [-0.3, -0.25) is 0 Å². The average molecular weight is 495 g/mol. The summed E-state index contributed by atoms with van der Waals surface area (Å²) in [4.78, 5) is 0. The van der Waals surface area contributed by atoms with E-state index >= 15 is 0 Å². The number of hydrogen-bond acceptors (Lipinski definition) is 1. The van der Waals surface area contributed by atoms with Crippen LogP contribution in [0, 0.1) is 29.2 Å². The van der Waals surface area contributed by atoms with Gasteiger partial charge in [0, 0.05) is 11.1 Å². The number of rotatable bonds is 8. The Morgan fingerprint density at radius 1 is 0.861 bits per heavy atom. The van der Waals surface area contributed by atoms with Gasteiger partial charge in [-0.25, -0.2) is 13.2 Å². The molecule has 1 aliphatic carbocycles. The highest BCUT2D eigenvalue weighted by atomic mass is 19.2. The average Bonchev–Trinajstić information content (AvgIpc) is 2.89. The van der Waals surface area contributed by atoms with Crippen molar-refractivity contribution in [2.75, 3.05) is 6.61 Å². The zero-order valence-electron chi connectivity index (χ0n) is 20.6. The number of halogens is 4. The molecule has 1 unspecified atom stereocenters. The van der Waals surface area contributed by atoms with Crippen LogP contribution in [0.25, 0.3) is 22.8 Å². The van der Waals surface area contributed by atoms with Crippen molar-refractivity contribution in [3.8, 4) is 16.9 Å². The highest BCUT2D eigenvalue weighted by Crippen LogP contribution is 2.36. The van der Waals surface area contributed by atoms with E-state index in [0.717, 1.165) is 17.6 Å². The van der Waals surface area contributed by atoms with Crippen LogP contribution in [0.3, 0.4) is 0 Å². The summed E-state index contributed by atoms with van der Waals surface area (Å²) in [5.74, 6) is -3.30. The molecule has 0 bridgehead atoms. The summed E-state index contributed by atoms with van der Waals surface area (Å²) in [6, 6.07) is 13.6. The van der Waals surface area contributed by atoms with Gasteiger partial charge >= 0.3 is 0 Å². The molecule has 188 valence electrons. The Balaban J connectivity index is 1.40. The minimum absolute atomic E-state index is 0.0843. The molecule has 0 radical (unpaired) electrons. The number of benzene rings is 3. The van der Waals surface area contributed by atoms with Gasteiger partial charge in [0.1, 0.15) is 0 Å². The quantitative estimate of drug-likeness (QED) is 0.284. The third kappa shape index (κ3) is 5.56. The molecule has 0 spiro atoms. The van der Waals surface area contributed by atoms with Gasteiger partial charge in [-0.05, 0) is 86.3 Å². The number of ether oxygens (including phenoxy) is 1. The van der Waals surface area contributed by atoms with E-state index in [-0.39, 0.29) is 29.4 Å². The summed E-state index contributed by atoms with van der Waals surface area (Å²) in [6.07, 6.45) is 8.98. The fourth-order valence-corrected chi connectivity index (χ4v) is 4.77. The maximum atomic E-state index is 14.9. The maximum Gasteiger partial charge on any atom is 0.201 e. The number of allylic oxidation sites excluding steroid dienone is 3. The molecule has 0 N–H and O–H groups in total. The second-order valence-electron chi connectivity index (χ2n) is 9.10. The van der Waals surface area contributed by atoms with E-state index < -0.39 is 23.3 Å². The molecule has 0 saturated heterocycles. The molecule has 4 rings (SSSR count). The molecule has 36 heavy (non-hydrogen) atoms. The van der Waals surface area contributed by atoms with Crippen molar-refractivity contribution in [3.05, 3.63) is 101 Å². The standard InChI is InChI=1S/C31H30F4O/c1-3-5-20-6-11-22(12-7-20)25-17-16-24(28(32)29(25)33)15-10-21-8-13-23(14-9-21)26-18-19-27(36-4-2)31(35)30(26)34/h3,5-7,11-13,16-19,21H,4,8-10,14-15H2,1-2H3. The van der Waals surface area contributed by atoms with E-state index in [0.29, 0.717) is 36.8 Å². The highest BCUT2D eigenvalue weighted by Gasteiger charge is 2.22. The molecule has 1 nitrogen and oxygen atoms in total. The molecular weight excluding hydrogens is 464 g/mol. The first-order valence-corrected chi connectivity index (χ1v) is 12.4. The van der Waals surface area contributed by atoms with Crippen LogP contribution in [0.2, 0.25) is 0 Å². The minimum Gasteiger partial charge on any atom is -0.491 e. The van der Waals surface area contributed by atoms with Crippen molar-refractivity contribution in [2.45, 2.75) is 46.0 Å². The summed E-state index contributed by atoms with van der Waals surface area (Å²) < 4.78 is 63.7. The Hall–Kier alpha value is -3.34. The zero-order valence-corrected chi connectivity index (χ0v) is 20.6. The van der Waals surface area contributed by atoms with Crippen LogP contribution < -0.4 is 4.74 Å². The van der Waals surface area contributed by atoms with E-state index in [4.69, 9.17) is 4.74 Å². The molecule has 1 aliphatic rings. The summed E-state index contributed by atoms with van der Waals surface area (Å²) in [6.45, 7) is 3.90. The van der Waals surface area contributed by atoms with Gasteiger partial charge in [-0.15, -0.1) is 0 Å². The lowest BCUT2D eigenvalue weighted by atomic mass is 9.83. The van der Waals surface area contributed by atoms with Gasteiger partial charge in [0.15, 0.2) is 23.2 Å². The molecule has 3 aromatic rings. The van der Waals surface area contributed by atoms with Gasteiger partial charge in [0.2, 0.25) is 5.82 Å². The molecule has 3 aromatic carbocycles. The van der Waals surface area contributed by atoms with Crippen LogP contribution in [0.4, 0.5) is 17.6 Å². The lowest BCUT2D eigenvalue weighted by Crippen LogP contribution is -2.09. The zero-order chi connectivity index (χ0) is 25.7. The lowest BCUT2D eigenvalue weighted by Gasteiger charge is -2.23. The largest absolute Gasteiger partial charge is 0.491 e. The van der Waals surface area contributed by atoms with Crippen molar-refractivity contribution in [2.24, 2.45) is 5.92 Å². The Labute approximate surface area is 210 Å². The first kappa shape index (κ1) is 25.7. The molecule has 0 aliphatic heterocycles. The molecule has 0 fully saturated rings. The van der Waals surface area contributed by atoms with Crippen LogP contribution in [-0.4, -0.2) is 6.61 Å². The Morgan fingerprint density at radius 2 is 1.58 bits per heavy atom. The Kier molecular flexibility index (Phi) is 8.29. The summed E-state index contributed by atoms with van der Waals surface area (Å²) in [5, 5.41) is 0. The SMILES string of the molecule is CC=Cc1ccc(-c2ccc(CCC3CC=C(c4ccc(OCC)c(F)c4F)CC3)c(F)c2F)cc1. The van der Waals surface area contributed by atoms with Crippen molar-refractivity contribution < 1.29 is 22.3 Å². The van der Waals surface area contributed by atoms with Gasteiger partial charge in [0.25, 0.3) is 0 Å². The van der Waals surface area contributed by atoms with Gasteiger partial charge in [0.05, 0.1) is 6.61 Å². The fourth-order valence-electron chi connectivity index (χ4n) is 4.77. The van der Waals surface area contributed by atoms with Crippen LogP contribution in [0.5, 0.6) is 5.75 Å². The molecule has 0 saturated carbocycles. The first-order valence-electron chi connectivity index (χ1n) is 12.4. The van der Waals surface area contributed by atoms with Crippen LogP contribution >= 0.6 is 0 Å². The second kappa shape index (κ2) is 11.6. The van der Waals surface area contributed by atoms with Crippen LogP contribution in [-0.2, 0) is 6.42 Å². The van der Waals surface area contributed by atoms with Crippen molar-refractivity contribution in [3.63, 3.8) is 0 Å². The van der Waals surface area contributed by atoms with Gasteiger partial charge in [-0.1, -0.05) is 54.6 Å². The molecular formula is C31H30F4O. The molecule has 0 aromatic heterocycles. The Bertz CT molecular complexity index is 1270. The van der Waals surface area contributed by atoms with E-state index in [9.17, 15) is 17.6 Å². The van der Waals surface area contributed by atoms with E-state index in [2.05, 4.69) is 0 Å². The fraction of sp³-hybridized carbons (Fsp3) is 0.290. The predicted molar refractivity (Wildman–Crippen MR) is 138 cm³/mol. The summed E-state index contributed by atoms with van der Waals surface area (Å²) in [5.41, 5.74) is 3.27. The topological polar surface area (TPSA) is 9.23 Å². The van der Waals surface area contributed by atoms with Gasteiger partial charge < -0.3 is 4.74 Å². The van der Waals surface area contributed by atoms with E-state index in [1.54, 1.807) is 37.3 Å². The molecule has 0 heterocycles. The highest BCUT2D eigenvalue weighted by molar-refractivity contribution is 5.68. The van der Waals surface area contributed by atoms with Crippen molar-refractivity contribution in [1.29, 1.82) is 0 Å². The summed E-state index contributed by atoms with van der Waals surface area (Å²) >= 11 is 0. The smallest absolute Gasteiger partial charge is 0.201 e. The van der Waals surface area contributed by atoms with Crippen molar-refractivity contribution in [1.82, 2.24) is 0 Å². The number of aryl methyl sites for hydroxylation is 1. The Morgan fingerprint density at radius 3 is 2.25 bits per heavy atom. The second-order valence-corrected chi connectivity index (χ2v) is 9.10. The predicted octanol–water partition coefficient (Wildman–Crippen LogP) is 9.16. The monoisotopic (exact) mass is 494 g/mol. The normalized spacial score (nSPS) is 15.8. The molecule has 5 heteroatoms. The van der Waals surface area contributed by atoms with Crippen LogP contribution in [0.1, 0.15) is 56.2 Å². The third-order valence-corrected chi connectivity index (χ3v) is 6.78. The van der Waals surface area contributed by atoms with Crippen LogP contribution in [0.15, 0.2) is 60.7 Å². The minimum atomic E-state index is -0.966. The summed E-state index contributed by atoms with van der Waals surface area (Å²) in [7, 11) is 0. The van der Waals surface area contributed by atoms with E-state index in [1.807, 2.05) is 37.3 Å². The number of hydrogen-bond donors (Lipinski definition) is 0. The van der Waals surface area contributed by atoms with Crippen molar-refractivity contribution >= 4 is 11.6 Å². The molecule has 1 atom stereocenters. The first-order chi connectivity index (χ1) is 17.4. The molecule has 0 amide bonds. The van der Waals surface area contributed by atoms with E-state index in [1.165, 1.54) is 6.07 Å². The maximum absolute atomic E-state index is 14.9. The third-order valence-electron chi connectivity index (χ3n) is 6.78. The lowest BCUT2D eigenvalue weighted by molar-refractivity contribution is 0.314.